The van der Waals surface area contributed by atoms with Gasteiger partial charge in [0.15, 0.2) is 11.6 Å². The Kier molecular flexibility index (Phi) is 5.07. The highest BCUT2D eigenvalue weighted by molar-refractivity contribution is 5.81. The third kappa shape index (κ3) is 3.81. The van der Waals surface area contributed by atoms with Crippen molar-refractivity contribution in [3.8, 4) is 35.6 Å². The molecule has 6 nitrogen and oxygen atoms in total. The molecule has 3 heterocycles. The van der Waals surface area contributed by atoms with Crippen molar-refractivity contribution in [3.05, 3.63) is 72.7 Å². The van der Waals surface area contributed by atoms with Crippen LogP contribution in [-0.2, 0) is 0 Å². The van der Waals surface area contributed by atoms with Crippen LogP contribution in [0.5, 0.6) is 23.1 Å². The van der Waals surface area contributed by atoms with Gasteiger partial charge in [0.25, 0.3) is 0 Å². The highest BCUT2D eigenvalue weighted by atomic mass is 19.1. The van der Waals surface area contributed by atoms with Gasteiger partial charge in [-0.1, -0.05) is 6.42 Å². The van der Waals surface area contributed by atoms with Gasteiger partial charge < -0.3 is 18.9 Å². The third-order valence-corrected chi connectivity index (χ3v) is 5.37. The molecule has 0 bridgehead atoms. The molecule has 1 fully saturated rings. The number of halogens is 2. The van der Waals surface area contributed by atoms with E-state index in [1.54, 1.807) is 24.3 Å². The number of benzene rings is 2. The summed E-state index contributed by atoms with van der Waals surface area (Å²) in [4.78, 5) is 10.6. The van der Waals surface area contributed by atoms with Crippen molar-refractivity contribution in [2.45, 2.75) is 12.5 Å². The lowest BCUT2D eigenvalue weighted by Crippen LogP contribution is -2.15. The monoisotopic (exact) mass is 432 g/mol. The van der Waals surface area contributed by atoms with Gasteiger partial charge in [0.05, 0.1) is 11.6 Å². The molecule has 2 aromatic heterocycles. The minimum Gasteiger partial charge on any atom is -0.454 e. The lowest BCUT2D eigenvalue weighted by Gasteiger charge is -2.15. The summed E-state index contributed by atoms with van der Waals surface area (Å²) in [6.45, 7) is 1.58. The van der Waals surface area contributed by atoms with Crippen molar-refractivity contribution in [3.63, 3.8) is 0 Å². The van der Waals surface area contributed by atoms with Gasteiger partial charge in [0, 0.05) is 31.4 Å². The maximum atomic E-state index is 13.8. The second-order valence-corrected chi connectivity index (χ2v) is 7.40. The SMILES string of the molecule is C#CN1CC[C@H](n2ccc3ncnc(Oc4ccc(Oc5ccc(F)cc5F)cc4)c32)C1. The average Bonchev–Trinajstić information content (AvgIpc) is 3.44. The van der Waals surface area contributed by atoms with Crippen molar-refractivity contribution >= 4 is 11.0 Å². The number of hydrogen-bond donors (Lipinski definition) is 0. The zero-order valence-corrected chi connectivity index (χ0v) is 16.9. The molecule has 0 saturated carbocycles. The first-order valence-corrected chi connectivity index (χ1v) is 10.0. The van der Waals surface area contributed by atoms with Gasteiger partial charge in [-0.25, -0.2) is 13.8 Å². The molecule has 2 aromatic carbocycles. The van der Waals surface area contributed by atoms with Crippen LogP contribution >= 0.6 is 0 Å². The maximum Gasteiger partial charge on any atom is 0.247 e. The lowest BCUT2D eigenvalue weighted by molar-refractivity contribution is 0.433. The molecule has 1 aliphatic heterocycles. The lowest BCUT2D eigenvalue weighted by atomic mass is 10.2. The van der Waals surface area contributed by atoms with Crippen LogP contribution in [0.1, 0.15) is 12.5 Å². The van der Waals surface area contributed by atoms with E-state index in [2.05, 4.69) is 20.6 Å². The third-order valence-electron chi connectivity index (χ3n) is 5.37. The van der Waals surface area contributed by atoms with Crippen molar-refractivity contribution in [1.82, 2.24) is 19.4 Å². The maximum absolute atomic E-state index is 13.8. The molecule has 8 heteroatoms. The van der Waals surface area contributed by atoms with E-state index in [-0.39, 0.29) is 11.8 Å². The minimum absolute atomic E-state index is 0.0621. The second kappa shape index (κ2) is 8.19. The Morgan fingerprint density at radius 2 is 1.78 bits per heavy atom. The second-order valence-electron chi connectivity index (χ2n) is 7.40. The van der Waals surface area contributed by atoms with Crippen LogP contribution in [0.2, 0.25) is 0 Å². The van der Waals surface area contributed by atoms with Crippen LogP contribution < -0.4 is 9.47 Å². The molecule has 5 rings (SSSR count). The molecule has 160 valence electrons. The fourth-order valence-corrected chi connectivity index (χ4v) is 3.80. The largest absolute Gasteiger partial charge is 0.454 e. The summed E-state index contributed by atoms with van der Waals surface area (Å²) in [5, 5.41) is 0. The van der Waals surface area contributed by atoms with E-state index in [4.69, 9.17) is 15.9 Å². The van der Waals surface area contributed by atoms with Crippen molar-refractivity contribution in [1.29, 1.82) is 0 Å². The number of hydrogen-bond acceptors (Lipinski definition) is 5. The summed E-state index contributed by atoms with van der Waals surface area (Å²) in [7, 11) is 0. The first kappa shape index (κ1) is 19.8. The fraction of sp³-hybridized carbons (Fsp3) is 0.167. The van der Waals surface area contributed by atoms with Gasteiger partial charge in [0.1, 0.15) is 29.2 Å². The summed E-state index contributed by atoms with van der Waals surface area (Å²) in [6.07, 6.45) is 9.90. The number of rotatable bonds is 5. The molecular weight excluding hydrogens is 414 g/mol. The normalized spacial score (nSPS) is 15.7. The van der Waals surface area contributed by atoms with Gasteiger partial charge in [-0.15, -0.1) is 0 Å². The molecule has 1 saturated heterocycles. The molecule has 0 N–H and O–H groups in total. The van der Waals surface area contributed by atoms with E-state index in [0.29, 0.717) is 17.4 Å². The van der Waals surface area contributed by atoms with Crippen molar-refractivity contribution < 1.29 is 18.3 Å². The number of ether oxygens (including phenoxy) is 2. The van der Waals surface area contributed by atoms with Crippen LogP contribution in [0.25, 0.3) is 11.0 Å². The topological polar surface area (TPSA) is 52.4 Å². The summed E-state index contributed by atoms with van der Waals surface area (Å²) >= 11 is 0. The number of likely N-dealkylation sites (tertiary alicyclic amines) is 1. The van der Waals surface area contributed by atoms with Crippen LogP contribution in [-0.4, -0.2) is 32.5 Å². The standard InChI is InChI=1S/C24H18F2N4O2/c1-2-29-11-9-17(14-29)30-12-10-21-23(30)24(28-15-27-21)32-19-6-4-18(5-7-19)31-22-8-3-16(25)13-20(22)26/h1,3-8,10,12-13,15,17H,9,11,14H2/t17-/m0/s1. The van der Waals surface area contributed by atoms with E-state index < -0.39 is 11.6 Å². The highest BCUT2D eigenvalue weighted by Gasteiger charge is 2.25. The summed E-state index contributed by atoms with van der Waals surface area (Å²) in [5.41, 5.74) is 1.57. The molecule has 0 aliphatic carbocycles. The predicted octanol–water partition coefficient (Wildman–Crippen LogP) is 5.13. The van der Waals surface area contributed by atoms with Gasteiger partial charge in [0.2, 0.25) is 5.88 Å². The molecular formula is C24H18F2N4O2. The first-order chi connectivity index (χ1) is 15.6. The molecule has 0 amide bonds. The fourth-order valence-electron chi connectivity index (χ4n) is 3.80. The zero-order valence-electron chi connectivity index (χ0n) is 16.9. The molecule has 1 atom stereocenters. The van der Waals surface area contributed by atoms with Gasteiger partial charge in [-0.3, -0.25) is 0 Å². The summed E-state index contributed by atoms with van der Waals surface area (Å²) in [6, 6.07) is 14.6. The first-order valence-electron chi connectivity index (χ1n) is 10.0. The zero-order chi connectivity index (χ0) is 22.1. The molecule has 32 heavy (non-hydrogen) atoms. The van der Waals surface area contributed by atoms with Crippen LogP contribution in [0, 0.1) is 24.1 Å². The number of fused-ring (bicyclic) bond motifs is 1. The number of aromatic nitrogens is 3. The summed E-state index contributed by atoms with van der Waals surface area (Å²) in [5.74, 6) is -0.153. The van der Waals surface area contributed by atoms with E-state index >= 15 is 0 Å². The molecule has 0 unspecified atom stereocenters. The average molecular weight is 432 g/mol. The Morgan fingerprint density at radius 3 is 2.50 bits per heavy atom. The Labute approximate surface area is 183 Å². The van der Waals surface area contributed by atoms with Crippen molar-refractivity contribution in [2.24, 2.45) is 0 Å². The van der Waals surface area contributed by atoms with E-state index in [1.165, 1.54) is 12.4 Å². The summed E-state index contributed by atoms with van der Waals surface area (Å²) < 4.78 is 40.5. The van der Waals surface area contributed by atoms with Crippen LogP contribution in [0.15, 0.2) is 61.1 Å². The quantitative estimate of drug-likeness (QED) is 0.409. The Balaban J connectivity index is 1.38. The molecule has 4 aromatic rings. The Bertz CT molecular complexity index is 1310. The smallest absolute Gasteiger partial charge is 0.247 e. The predicted molar refractivity (Wildman–Crippen MR) is 115 cm³/mol. The highest BCUT2D eigenvalue weighted by Crippen LogP contribution is 2.33. The number of nitrogens with zero attached hydrogens (tertiary/aromatic N) is 4. The van der Waals surface area contributed by atoms with Crippen LogP contribution in [0.3, 0.4) is 0 Å². The van der Waals surface area contributed by atoms with Gasteiger partial charge >= 0.3 is 0 Å². The Morgan fingerprint density at radius 1 is 1.00 bits per heavy atom. The van der Waals surface area contributed by atoms with Crippen molar-refractivity contribution in [2.75, 3.05) is 13.1 Å². The van der Waals surface area contributed by atoms with E-state index in [1.807, 2.05) is 17.2 Å². The molecule has 1 aliphatic rings. The Hall–Kier alpha value is -4.12. The van der Waals surface area contributed by atoms with Crippen LogP contribution in [0.4, 0.5) is 8.78 Å². The number of terminal acetylenes is 1. The van der Waals surface area contributed by atoms with Gasteiger partial charge in [-0.2, -0.15) is 4.98 Å². The molecule has 0 spiro atoms. The molecule has 0 radical (unpaired) electrons. The van der Waals surface area contributed by atoms with Gasteiger partial charge in [-0.05, 0) is 48.9 Å². The minimum atomic E-state index is -0.773. The van der Waals surface area contributed by atoms with E-state index in [9.17, 15) is 8.78 Å². The van der Waals surface area contributed by atoms with E-state index in [0.717, 1.165) is 42.7 Å².